The minimum absolute atomic E-state index is 0.369. The molecule has 1 aromatic carbocycles. The Morgan fingerprint density at radius 2 is 2.00 bits per heavy atom. The van der Waals surface area contributed by atoms with Gasteiger partial charge in [0.2, 0.25) is 0 Å². The van der Waals surface area contributed by atoms with Crippen molar-refractivity contribution < 1.29 is 8.76 Å². The molecule has 0 aliphatic carbocycles. The highest BCUT2D eigenvalue weighted by Gasteiger charge is 2.00. The SMILES string of the molecule is O=S(O)c1ccc(-n2cncn2)cc1. The first-order valence-corrected chi connectivity index (χ1v) is 4.94. The zero-order valence-electron chi connectivity index (χ0n) is 7.07. The third-order valence-electron chi connectivity index (χ3n) is 1.72. The van der Waals surface area contributed by atoms with Gasteiger partial charge in [-0.3, -0.25) is 0 Å². The van der Waals surface area contributed by atoms with E-state index in [2.05, 4.69) is 10.1 Å². The zero-order valence-corrected chi connectivity index (χ0v) is 7.89. The van der Waals surface area contributed by atoms with Gasteiger partial charge in [-0.15, -0.1) is 0 Å². The molecule has 2 aromatic rings. The van der Waals surface area contributed by atoms with Crippen molar-refractivity contribution in [2.24, 2.45) is 0 Å². The van der Waals surface area contributed by atoms with E-state index in [-0.39, 0.29) is 0 Å². The Bertz CT molecular complexity index is 438. The number of rotatable bonds is 2. The standard InChI is InChI=1S/C8H7N3O2S/c12-14(13)8-3-1-7(2-4-8)11-6-9-5-10-11/h1-6H,(H,12,13). The lowest BCUT2D eigenvalue weighted by atomic mass is 10.3. The summed E-state index contributed by atoms with van der Waals surface area (Å²) in [5, 5.41) is 3.93. The molecule has 0 amide bonds. The molecule has 2 rings (SSSR count). The van der Waals surface area contributed by atoms with Crippen LogP contribution in [-0.4, -0.2) is 23.5 Å². The molecule has 1 unspecified atom stereocenters. The van der Waals surface area contributed by atoms with E-state index in [4.69, 9.17) is 4.55 Å². The van der Waals surface area contributed by atoms with Crippen LogP contribution in [0, 0.1) is 0 Å². The van der Waals surface area contributed by atoms with Gasteiger partial charge >= 0.3 is 0 Å². The minimum atomic E-state index is -1.93. The predicted octanol–water partition coefficient (Wildman–Crippen LogP) is 0.848. The fourth-order valence-corrected chi connectivity index (χ4v) is 1.43. The van der Waals surface area contributed by atoms with E-state index in [0.29, 0.717) is 4.90 Å². The van der Waals surface area contributed by atoms with Gasteiger partial charge in [0.1, 0.15) is 12.7 Å². The van der Waals surface area contributed by atoms with E-state index in [1.807, 2.05) is 0 Å². The Morgan fingerprint density at radius 3 is 2.50 bits per heavy atom. The van der Waals surface area contributed by atoms with Gasteiger partial charge in [-0.05, 0) is 24.3 Å². The van der Waals surface area contributed by atoms with E-state index >= 15 is 0 Å². The first-order chi connectivity index (χ1) is 6.77. The van der Waals surface area contributed by atoms with Gasteiger partial charge in [-0.2, -0.15) is 5.10 Å². The van der Waals surface area contributed by atoms with Gasteiger partial charge in [-0.25, -0.2) is 13.9 Å². The average Bonchev–Trinajstić information content (AvgIpc) is 2.71. The summed E-state index contributed by atoms with van der Waals surface area (Å²) in [7, 11) is 0. The summed E-state index contributed by atoms with van der Waals surface area (Å²) in [6.07, 6.45) is 2.99. The van der Waals surface area contributed by atoms with E-state index in [0.717, 1.165) is 5.69 Å². The quantitative estimate of drug-likeness (QED) is 0.744. The van der Waals surface area contributed by atoms with E-state index in [9.17, 15) is 4.21 Å². The summed E-state index contributed by atoms with van der Waals surface area (Å²) in [6.45, 7) is 0. The Hall–Kier alpha value is -1.53. The molecule has 6 heteroatoms. The van der Waals surface area contributed by atoms with E-state index in [1.54, 1.807) is 35.3 Å². The van der Waals surface area contributed by atoms with Crippen LogP contribution in [0.5, 0.6) is 0 Å². The van der Waals surface area contributed by atoms with E-state index < -0.39 is 11.1 Å². The van der Waals surface area contributed by atoms with E-state index in [1.165, 1.54) is 6.33 Å². The lowest BCUT2D eigenvalue weighted by Crippen LogP contribution is -1.95. The van der Waals surface area contributed by atoms with Crippen LogP contribution < -0.4 is 0 Å². The first-order valence-electron chi connectivity index (χ1n) is 3.83. The van der Waals surface area contributed by atoms with Crippen LogP contribution in [-0.2, 0) is 11.1 Å². The molecule has 0 spiro atoms. The Labute approximate surface area is 82.7 Å². The second-order valence-corrected chi connectivity index (χ2v) is 3.55. The van der Waals surface area contributed by atoms with Crippen molar-refractivity contribution in [3.05, 3.63) is 36.9 Å². The van der Waals surface area contributed by atoms with Gasteiger partial charge in [0.15, 0.2) is 11.1 Å². The van der Waals surface area contributed by atoms with Crippen LogP contribution in [0.25, 0.3) is 5.69 Å². The molecule has 0 saturated heterocycles. The lowest BCUT2D eigenvalue weighted by molar-refractivity contribution is 0.564. The molecule has 14 heavy (non-hydrogen) atoms. The molecule has 0 radical (unpaired) electrons. The van der Waals surface area contributed by atoms with Crippen molar-refractivity contribution in [1.82, 2.24) is 14.8 Å². The lowest BCUT2D eigenvalue weighted by Gasteiger charge is -2.00. The van der Waals surface area contributed by atoms with Crippen molar-refractivity contribution in [1.29, 1.82) is 0 Å². The average molecular weight is 209 g/mol. The number of aromatic nitrogens is 3. The Morgan fingerprint density at radius 1 is 1.29 bits per heavy atom. The van der Waals surface area contributed by atoms with Crippen LogP contribution in [0.15, 0.2) is 41.8 Å². The van der Waals surface area contributed by atoms with Crippen molar-refractivity contribution in [3.63, 3.8) is 0 Å². The van der Waals surface area contributed by atoms with Crippen molar-refractivity contribution in [2.45, 2.75) is 4.90 Å². The molecule has 0 bridgehead atoms. The highest BCUT2D eigenvalue weighted by Crippen LogP contribution is 2.09. The summed E-state index contributed by atoms with van der Waals surface area (Å²) in [4.78, 5) is 4.17. The molecule has 5 nitrogen and oxygen atoms in total. The molecule has 1 aromatic heterocycles. The van der Waals surface area contributed by atoms with Gasteiger partial charge in [-0.1, -0.05) is 0 Å². The minimum Gasteiger partial charge on any atom is -0.302 e. The van der Waals surface area contributed by atoms with Gasteiger partial charge in [0, 0.05) is 0 Å². The molecule has 72 valence electrons. The van der Waals surface area contributed by atoms with Gasteiger partial charge < -0.3 is 4.55 Å². The Balaban J connectivity index is 2.36. The third-order valence-corrected chi connectivity index (χ3v) is 2.40. The van der Waals surface area contributed by atoms with Crippen LogP contribution in [0.3, 0.4) is 0 Å². The molecule has 1 N–H and O–H groups in total. The molecular formula is C8H7N3O2S. The van der Waals surface area contributed by atoms with Crippen LogP contribution >= 0.6 is 0 Å². The summed E-state index contributed by atoms with van der Waals surface area (Å²) >= 11 is -1.93. The largest absolute Gasteiger partial charge is 0.302 e. The van der Waals surface area contributed by atoms with Crippen molar-refractivity contribution in [2.75, 3.05) is 0 Å². The molecule has 0 aliphatic heterocycles. The fraction of sp³-hybridized carbons (Fsp3) is 0. The molecule has 1 heterocycles. The topological polar surface area (TPSA) is 68.0 Å². The fourth-order valence-electron chi connectivity index (χ4n) is 1.06. The Kier molecular flexibility index (Phi) is 2.38. The summed E-state index contributed by atoms with van der Waals surface area (Å²) in [5.41, 5.74) is 0.803. The maximum absolute atomic E-state index is 10.7. The number of hydrogen-bond donors (Lipinski definition) is 1. The highest BCUT2D eigenvalue weighted by molar-refractivity contribution is 7.79. The molecule has 0 fully saturated rings. The predicted molar refractivity (Wildman–Crippen MR) is 50.4 cm³/mol. The van der Waals surface area contributed by atoms with Crippen molar-refractivity contribution >= 4 is 11.1 Å². The number of benzene rings is 1. The van der Waals surface area contributed by atoms with Crippen molar-refractivity contribution in [3.8, 4) is 5.69 Å². The van der Waals surface area contributed by atoms with Crippen LogP contribution in [0.1, 0.15) is 0 Å². The van der Waals surface area contributed by atoms with Crippen LogP contribution in [0.4, 0.5) is 0 Å². The molecular weight excluding hydrogens is 202 g/mol. The maximum atomic E-state index is 10.7. The molecule has 1 atom stereocenters. The second-order valence-electron chi connectivity index (χ2n) is 2.58. The smallest absolute Gasteiger partial charge is 0.186 e. The zero-order chi connectivity index (χ0) is 9.97. The molecule has 0 aliphatic rings. The highest BCUT2D eigenvalue weighted by atomic mass is 32.2. The maximum Gasteiger partial charge on any atom is 0.186 e. The number of hydrogen-bond acceptors (Lipinski definition) is 3. The van der Waals surface area contributed by atoms with Gasteiger partial charge in [0.05, 0.1) is 10.6 Å². The summed E-state index contributed by atoms with van der Waals surface area (Å²) in [6, 6.07) is 6.57. The van der Waals surface area contributed by atoms with Crippen LogP contribution in [0.2, 0.25) is 0 Å². The monoisotopic (exact) mass is 209 g/mol. The number of nitrogens with zero attached hydrogens (tertiary/aromatic N) is 3. The molecule has 0 saturated carbocycles. The summed E-state index contributed by atoms with van der Waals surface area (Å²) in [5.74, 6) is 0. The second kappa shape index (κ2) is 3.69. The first kappa shape index (κ1) is 9.04. The van der Waals surface area contributed by atoms with Gasteiger partial charge in [0.25, 0.3) is 0 Å². The third kappa shape index (κ3) is 1.70. The summed E-state index contributed by atoms with van der Waals surface area (Å²) < 4.78 is 21.0. The normalized spacial score (nSPS) is 12.6.